The van der Waals surface area contributed by atoms with E-state index in [2.05, 4.69) is 31.2 Å². The zero-order valence-electron chi connectivity index (χ0n) is 11.8. The quantitative estimate of drug-likeness (QED) is 0.758. The third-order valence-corrected chi connectivity index (χ3v) is 3.84. The fourth-order valence-electron chi connectivity index (χ4n) is 2.14. The monoisotopic (exact) mass is 361 g/mol. The second-order valence-electron chi connectivity index (χ2n) is 4.68. The van der Waals surface area contributed by atoms with E-state index in [0.29, 0.717) is 28.2 Å². The highest BCUT2D eigenvalue weighted by molar-refractivity contribution is 9.10. The fraction of sp³-hybridized carbons (Fsp3) is 0.125. The number of aromatic nitrogens is 2. The predicted molar refractivity (Wildman–Crippen MR) is 87.5 cm³/mol. The largest absolute Gasteiger partial charge is 0.481 e. The molecule has 0 saturated carbocycles. The van der Waals surface area contributed by atoms with E-state index < -0.39 is 0 Å². The molecule has 3 rings (SSSR count). The lowest BCUT2D eigenvalue weighted by molar-refractivity contribution is 0.393. The van der Waals surface area contributed by atoms with E-state index in [9.17, 15) is 4.39 Å². The summed E-state index contributed by atoms with van der Waals surface area (Å²) in [5.41, 5.74) is 1.53. The molecule has 0 amide bonds. The lowest BCUT2D eigenvalue weighted by Gasteiger charge is -2.09. The molecule has 6 heteroatoms. The van der Waals surface area contributed by atoms with Crippen LogP contribution >= 0.6 is 15.9 Å². The minimum absolute atomic E-state index is 0.328. The molecular weight excluding hydrogens is 349 g/mol. The molecular formula is C16H13BrFN3O. The first-order chi connectivity index (χ1) is 10.7. The fourth-order valence-corrected chi connectivity index (χ4v) is 2.51. The molecule has 2 heterocycles. The van der Waals surface area contributed by atoms with Gasteiger partial charge in [-0.1, -0.05) is 6.07 Å². The second-order valence-corrected chi connectivity index (χ2v) is 5.54. The summed E-state index contributed by atoms with van der Waals surface area (Å²) in [6.45, 7) is 0.522. The predicted octanol–water partition coefficient (Wildman–Crippen LogP) is 4.15. The van der Waals surface area contributed by atoms with Crippen molar-refractivity contribution in [1.82, 2.24) is 9.97 Å². The Morgan fingerprint density at radius 1 is 1.27 bits per heavy atom. The van der Waals surface area contributed by atoms with Crippen molar-refractivity contribution in [2.45, 2.75) is 6.54 Å². The molecule has 1 N–H and O–H groups in total. The Bertz CT molecular complexity index is 826. The van der Waals surface area contributed by atoms with E-state index >= 15 is 0 Å². The molecule has 1 aromatic carbocycles. The molecule has 0 unspecified atom stereocenters. The van der Waals surface area contributed by atoms with Crippen LogP contribution in [0, 0.1) is 5.82 Å². The molecule has 0 aliphatic carbocycles. The van der Waals surface area contributed by atoms with Crippen LogP contribution in [0.4, 0.5) is 10.2 Å². The number of methoxy groups -OCH3 is 1. The first kappa shape index (κ1) is 14.7. The first-order valence-electron chi connectivity index (χ1n) is 6.65. The third kappa shape index (κ3) is 3.01. The van der Waals surface area contributed by atoms with Crippen molar-refractivity contribution in [2.75, 3.05) is 12.4 Å². The van der Waals surface area contributed by atoms with E-state index in [1.54, 1.807) is 19.4 Å². The van der Waals surface area contributed by atoms with Crippen molar-refractivity contribution in [3.63, 3.8) is 0 Å². The summed E-state index contributed by atoms with van der Waals surface area (Å²) in [7, 11) is 1.58. The number of hydrogen-bond acceptors (Lipinski definition) is 4. The number of rotatable bonds is 4. The van der Waals surface area contributed by atoms with E-state index in [1.165, 1.54) is 6.07 Å². The Hall–Kier alpha value is -2.21. The van der Waals surface area contributed by atoms with Gasteiger partial charge in [-0.05, 0) is 40.2 Å². The van der Waals surface area contributed by atoms with Crippen molar-refractivity contribution in [2.24, 2.45) is 0 Å². The highest BCUT2D eigenvalue weighted by Crippen LogP contribution is 2.24. The minimum atomic E-state index is -0.328. The van der Waals surface area contributed by atoms with Crippen LogP contribution in [0.1, 0.15) is 5.56 Å². The maximum absolute atomic E-state index is 13.6. The van der Waals surface area contributed by atoms with Crippen LogP contribution in [0.5, 0.6) is 5.88 Å². The molecule has 0 atom stereocenters. The molecule has 0 radical (unpaired) electrons. The van der Waals surface area contributed by atoms with Crippen molar-refractivity contribution in [3.8, 4) is 5.88 Å². The Morgan fingerprint density at radius 2 is 2.14 bits per heavy atom. The molecule has 4 nitrogen and oxygen atoms in total. The van der Waals surface area contributed by atoms with Gasteiger partial charge in [0.1, 0.15) is 11.6 Å². The minimum Gasteiger partial charge on any atom is -0.481 e. The number of nitrogens with zero attached hydrogens (tertiary/aromatic N) is 2. The molecule has 3 aromatic rings. The van der Waals surface area contributed by atoms with Crippen molar-refractivity contribution in [3.05, 3.63) is 58.4 Å². The van der Waals surface area contributed by atoms with Gasteiger partial charge in [-0.25, -0.2) is 14.4 Å². The second kappa shape index (κ2) is 6.27. The number of halogens is 2. The van der Waals surface area contributed by atoms with Crippen molar-refractivity contribution < 1.29 is 9.13 Å². The van der Waals surface area contributed by atoms with Gasteiger partial charge in [-0.2, -0.15) is 0 Å². The van der Waals surface area contributed by atoms with E-state index in [0.717, 1.165) is 10.9 Å². The average molecular weight is 362 g/mol. The van der Waals surface area contributed by atoms with Gasteiger partial charge in [-0.3, -0.25) is 0 Å². The van der Waals surface area contributed by atoms with Crippen LogP contribution in [-0.2, 0) is 6.54 Å². The molecule has 0 fully saturated rings. The molecule has 0 spiro atoms. The van der Waals surface area contributed by atoms with Crippen LogP contribution in [0.3, 0.4) is 0 Å². The Balaban J connectivity index is 1.83. The van der Waals surface area contributed by atoms with Crippen molar-refractivity contribution >= 4 is 32.7 Å². The summed E-state index contributed by atoms with van der Waals surface area (Å²) in [6, 6.07) is 10.7. The first-order valence-corrected chi connectivity index (χ1v) is 7.44. The van der Waals surface area contributed by atoms with E-state index in [1.807, 2.05) is 24.3 Å². The lowest BCUT2D eigenvalue weighted by atomic mass is 10.2. The SMILES string of the molecule is COc1ncccc1CNc1ccc2cc(Br)c(F)cc2n1. The maximum atomic E-state index is 13.6. The van der Waals surface area contributed by atoms with E-state index in [-0.39, 0.29) is 5.82 Å². The Kier molecular flexibility index (Phi) is 4.20. The zero-order valence-corrected chi connectivity index (χ0v) is 13.4. The Morgan fingerprint density at radius 3 is 2.95 bits per heavy atom. The van der Waals surface area contributed by atoms with Gasteiger partial charge in [0.25, 0.3) is 0 Å². The van der Waals surface area contributed by atoms with Crippen LogP contribution < -0.4 is 10.1 Å². The lowest BCUT2D eigenvalue weighted by Crippen LogP contribution is -2.04. The van der Waals surface area contributed by atoms with Gasteiger partial charge >= 0.3 is 0 Å². The number of fused-ring (bicyclic) bond motifs is 1. The number of ether oxygens (including phenoxy) is 1. The van der Waals surface area contributed by atoms with Gasteiger partial charge in [0.15, 0.2) is 0 Å². The van der Waals surface area contributed by atoms with Gasteiger partial charge in [-0.15, -0.1) is 0 Å². The van der Waals surface area contributed by atoms with Crippen LogP contribution in [0.25, 0.3) is 10.9 Å². The summed E-state index contributed by atoms with van der Waals surface area (Å²) in [4.78, 5) is 8.56. The number of anilines is 1. The van der Waals surface area contributed by atoms with Crippen LogP contribution in [0.2, 0.25) is 0 Å². The third-order valence-electron chi connectivity index (χ3n) is 3.23. The highest BCUT2D eigenvalue weighted by Gasteiger charge is 2.06. The normalized spacial score (nSPS) is 10.7. The topological polar surface area (TPSA) is 47.0 Å². The average Bonchev–Trinajstić information content (AvgIpc) is 2.54. The van der Waals surface area contributed by atoms with Gasteiger partial charge in [0, 0.05) is 29.8 Å². The van der Waals surface area contributed by atoms with Gasteiger partial charge < -0.3 is 10.1 Å². The van der Waals surface area contributed by atoms with E-state index in [4.69, 9.17) is 4.74 Å². The summed E-state index contributed by atoms with van der Waals surface area (Å²) >= 11 is 3.17. The molecule has 0 saturated heterocycles. The zero-order chi connectivity index (χ0) is 15.5. The molecule has 0 aliphatic rings. The molecule has 0 aliphatic heterocycles. The molecule has 2 aromatic heterocycles. The molecule has 112 valence electrons. The standard InChI is InChI=1S/C16H13BrFN3O/c1-22-16-11(3-2-6-19-16)9-20-15-5-4-10-7-12(17)13(18)8-14(10)21-15/h2-8H,9H2,1H3,(H,20,21). The summed E-state index contributed by atoms with van der Waals surface area (Å²) in [5, 5.41) is 4.07. The van der Waals surface area contributed by atoms with Gasteiger partial charge in [0.05, 0.1) is 17.1 Å². The van der Waals surface area contributed by atoms with Crippen LogP contribution in [0.15, 0.2) is 47.1 Å². The summed E-state index contributed by atoms with van der Waals surface area (Å²) < 4.78 is 19.2. The number of nitrogens with one attached hydrogen (secondary N) is 1. The maximum Gasteiger partial charge on any atom is 0.218 e. The molecule has 0 bridgehead atoms. The number of hydrogen-bond donors (Lipinski definition) is 1. The van der Waals surface area contributed by atoms with Gasteiger partial charge in [0.2, 0.25) is 5.88 Å². The van der Waals surface area contributed by atoms with Crippen LogP contribution in [-0.4, -0.2) is 17.1 Å². The number of benzene rings is 1. The molecule has 22 heavy (non-hydrogen) atoms. The Labute approximate surface area is 135 Å². The smallest absolute Gasteiger partial charge is 0.218 e. The summed E-state index contributed by atoms with van der Waals surface area (Å²) in [5.74, 6) is 0.914. The van der Waals surface area contributed by atoms with Crippen molar-refractivity contribution in [1.29, 1.82) is 0 Å². The highest BCUT2D eigenvalue weighted by atomic mass is 79.9. The summed E-state index contributed by atoms with van der Waals surface area (Å²) in [6.07, 6.45) is 1.68. The number of pyridine rings is 2.